The Morgan fingerprint density at radius 1 is 0.534 bits per heavy atom. The monoisotopic (exact) mass is 832 g/mol. The van der Waals surface area contributed by atoms with Crippen LogP contribution in [0.4, 0.5) is 0 Å². The van der Waals surface area contributed by atoms with Crippen LogP contribution in [0.15, 0.2) is 97.2 Å². The second-order valence-corrected chi connectivity index (χ2v) is 15.2. The number of unbranched alkanes of at least 4 members (excludes halogenated alkanes) is 8. The highest BCUT2D eigenvalue weighted by Gasteiger charge is 2.28. The van der Waals surface area contributed by atoms with Crippen molar-refractivity contribution in [2.45, 2.75) is 154 Å². The Kier molecular flexibility index (Phi) is 37.7. The first-order valence-electron chi connectivity index (χ1n) is 21.3. The molecule has 58 heavy (non-hydrogen) atoms. The van der Waals surface area contributed by atoms with E-state index in [4.69, 9.17) is 24.8 Å². The zero-order valence-electron chi connectivity index (χ0n) is 35.3. The summed E-state index contributed by atoms with van der Waals surface area (Å²) < 4.78 is 32.6. The Hall–Kier alpha value is -3.60. The number of hydrogen-bond acceptors (Lipinski definition) is 9. The minimum atomic E-state index is -4.74. The van der Waals surface area contributed by atoms with E-state index in [1.165, 1.54) is 0 Å². The highest BCUT2D eigenvalue weighted by atomic mass is 31.2. The molecule has 0 aliphatic carbocycles. The predicted octanol–water partition coefficient (Wildman–Crippen LogP) is 11.3. The first-order chi connectivity index (χ1) is 28.1. The Labute approximate surface area is 349 Å². The smallest absolute Gasteiger partial charge is 0.472 e. The number of carbonyl (C=O) groups is 3. The van der Waals surface area contributed by atoms with Gasteiger partial charge in [0.15, 0.2) is 6.10 Å². The van der Waals surface area contributed by atoms with Gasteiger partial charge in [0.25, 0.3) is 0 Å². The number of hydrogen-bond donors (Lipinski definition) is 3. The lowest BCUT2D eigenvalue weighted by molar-refractivity contribution is -0.161. The van der Waals surface area contributed by atoms with Gasteiger partial charge in [-0.3, -0.25) is 23.4 Å². The van der Waals surface area contributed by atoms with Crippen molar-refractivity contribution < 1.29 is 47.5 Å². The molecule has 328 valence electrons. The minimum Gasteiger partial charge on any atom is -0.480 e. The van der Waals surface area contributed by atoms with Gasteiger partial charge in [0.05, 0.1) is 13.2 Å². The molecular weight excluding hydrogens is 757 g/mol. The Balaban J connectivity index is 4.49. The standard InChI is InChI=1S/C46H74NO10P/c1-3-5-7-9-11-13-15-17-19-21-23-25-27-29-31-33-35-37-44(48)54-39-42(40-55-58(52,53)56-41-43(47)46(50)51)57-45(49)38-36-34-32-30-28-26-24-22-20-18-16-14-12-10-8-6-4-2/h5-8,11-14,17-20,23-26,42-43H,3-4,9-10,15-16,21-22,27-41,47H2,1-2H3,(H,50,51)(H,52,53)/b7-5-,8-6-,13-11-,14-12-,19-17-,20-18-,25-23-,26-24-. The van der Waals surface area contributed by atoms with Gasteiger partial charge in [0.1, 0.15) is 12.6 Å². The number of carboxylic acid groups (broad SMARTS) is 1. The summed E-state index contributed by atoms with van der Waals surface area (Å²) in [7, 11) is -4.74. The summed E-state index contributed by atoms with van der Waals surface area (Å²) in [6, 6.07) is -1.53. The number of nitrogens with two attached hydrogens (primary N) is 1. The maximum atomic E-state index is 12.6. The Morgan fingerprint density at radius 2 is 0.914 bits per heavy atom. The van der Waals surface area contributed by atoms with Crippen molar-refractivity contribution in [3.63, 3.8) is 0 Å². The second kappa shape index (κ2) is 40.2. The average molecular weight is 832 g/mol. The molecule has 0 aliphatic rings. The van der Waals surface area contributed by atoms with Crippen molar-refractivity contribution in [2.24, 2.45) is 5.73 Å². The average Bonchev–Trinajstić information content (AvgIpc) is 3.20. The largest absolute Gasteiger partial charge is 0.480 e. The summed E-state index contributed by atoms with van der Waals surface area (Å²) in [6.07, 6.45) is 50.4. The summed E-state index contributed by atoms with van der Waals surface area (Å²) in [5.41, 5.74) is 5.33. The molecule has 0 rings (SSSR count). The molecule has 0 fully saturated rings. The number of allylic oxidation sites excluding steroid dienone is 16. The second-order valence-electron chi connectivity index (χ2n) is 13.7. The lowest BCUT2D eigenvalue weighted by Gasteiger charge is -2.20. The molecule has 3 unspecified atom stereocenters. The van der Waals surface area contributed by atoms with Crippen LogP contribution in [0.1, 0.15) is 142 Å². The molecule has 3 atom stereocenters. The first-order valence-corrected chi connectivity index (χ1v) is 22.8. The van der Waals surface area contributed by atoms with Gasteiger partial charge in [-0.1, -0.05) is 137 Å². The zero-order chi connectivity index (χ0) is 42.8. The Bertz CT molecular complexity index is 1350. The highest BCUT2D eigenvalue weighted by molar-refractivity contribution is 7.47. The van der Waals surface area contributed by atoms with E-state index in [2.05, 4.69) is 116 Å². The predicted molar refractivity (Wildman–Crippen MR) is 235 cm³/mol. The highest BCUT2D eigenvalue weighted by Crippen LogP contribution is 2.43. The van der Waals surface area contributed by atoms with E-state index in [1.54, 1.807) is 0 Å². The van der Waals surface area contributed by atoms with Crippen LogP contribution < -0.4 is 5.73 Å². The van der Waals surface area contributed by atoms with E-state index in [-0.39, 0.29) is 19.4 Å². The quantitative estimate of drug-likeness (QED) is 0.0234. The number of rotatable bonds is 38. The van der Waals surface area contributed by atoms with E-state index in [0.717, 1.165) is 103 Å². The Morgan fingerprint density at radius 3 is 1.34 bits per heavy atom. The van der Waals surface area contributed by atoms with Crippen molar-refractivity contribution in [3.05, 3.63) is 97.2 Å². The van der Waals surface area contributed by atoms with Crippen LogP contribution in [-0.2, 0) is 37.5 Å². The molecule has 0 heterocycles. The van der Waals surface area contributed by atoms with Crippen molar-refractivity contribution in [1.82, 2.24) is 0 Å². The van der Waals surface area contributed by atoms with Crippen LogP contribution in [-0.4, -0.2) is 59.9 Å². The van der Waals surface area contributed by atoms with Gasteiger partial charge in [-0.25, -0.2) is 4.57 Å². The van der Waals surface area contributed by atoms with E-state index in [1.807, 2.05) is 0 Å². The number of phosphoric ester groups is 1. The number of ether oxygens (including phenoxy) is 2. The number of phosphoric acid groups is 1. The molecule has 4 N–H and O–H groups in total. The van der Waals surface area contributed by atoms with Crippen LogP contribution >= 0.6 is 7.82 Å². The van der Waals surface area contributed by atoms with Crippen molar-refractivity contribution >= 4 is 25.7 Å². The van der Waals surface area contributed by atoms with Gasteiger partial charge in [0, 0.05) is 12.8 Å². The SMILES string of the molecule is CC/C=C\C/C=C\C/C=C\C/C=C\CCCCCCC(=O)OCC(COP(=O)(O)OCC(N)C(=O)O)OC(=O)CCCCCC/C=C\C/C=C\C/C=C\C/C=C\CC. The van der Waals surface area contributed by atoms with Gasteiger partial charge in [-0.05, 0) is 89.9 Å². The normalized spacial score (nSPS) is 14.7. The third-order valence-corrected chi connectivity index (χ3v) is 9.28. The summed E-state index contributed by atoms with van der Waals surface area (Å²) in [5.74, 6) is -2.46. The zero-order valence-corrected chi connectivity index (χ0v) is 36.2. The maximum Gasteiger partial charge on any atom is 0.472 e. The minimum absolute atomic E-state index is 0.121. The van der Waals surface area contributed by atoms with Crippen molar-refractivity contribution in [1.29, 1.82) is 0 Å². The third-order valence-electron chi connectivity index (χ3n) is 8.33. The van der Waals surface area contributed by atoms with Crippen LogP contribution in [0.25, 0.3) is 0 Å². The van der Waals surface area contributed by atoms with Crippen molar-refractivity contribution in [3.8, 4) is 0 Å². The molecule has 11 nitrogen and oxygen atoms in total. The van der Waals surface area contributed by atoms with Crippen LogP contribution in [0.3, 0.4) is 0 Å². The molecule has 0 spiro atoms. The van der Waals surface area contributed by atoms with Gasteiger partial charge < -0.3 is 25.2 Å². The summed E-state index contributed by atoms with van der Waals surface area (Å²) >= 11 is 0. The molecule has 0 aromatic carbocycles. The van der Waals surface area contributed by atoms with Crippen LogP contribution in [0.5, 0.6) is 0 Å². The van der Waals surface area contributed by atoms with Gasteiger partial charge in [0.2, 0.25) is 0 Å². The molecule has 0 aromatic heterocycles. The molecule has 0 radical (unpaired) electrons. The molecule has 0 saturated heterocycles. The van der Waals surface area contributed by atoms with Crippen LogP contribution in [0.2, 0.25) is 0 Å². The fourth-order valence-electron chi connectivity index (χ4n) is 5.04. The molecular formula is C46H74NO10P. The number of aliphatic carboxylic acids is 1. The first kappa shape index (κ1) is 54.4. The lowest BCUT2D eigenvalue weighted by Crippen LogP contribution is -2.34. The fraction of sp³-hybridized carbons (Fsp3) is 0.587. The van der Waals surface area contributed by atoms with E-state index < -0.39 is 51.1 Å². The van der Waals surface area contributed by atoms with Gasteiger partial charge in [-0.2, -0.15) is 0 Å². The number of esters is 2. The lowest BCUT2D eigenvalue weighted by atomic mass is 10.1. The summed E-state index contributed by atoms with van der Waals surface area (Å²) in [5, 5.41) is 8.89. The fourth-order valence-corrected chi connectivity index (χ4v) is 5.82. The summed E-state index contributed by atoms with van der Waals surface area (Å²) in [4.78, 5) is 46.0. The maximum absolute atomic E-state index is 12.6. The van der Waals surface area contributed by atoms with Gasteiger partial charge in [-0.15, -0.1) is 0 Å². The van der Waals surface area contributed by atoms with E-state index in [9.17, 15) is 23.8 Å². The summed E-state index contributed by atoms with van der Waals surface area (Å²) in [6.45, 7) is 2.50. The van der Waals surface area contributed by atoms with Gasteiger partial charge >= 0.3 is 25.7 Å². The third kappa shape index (κ3) is 39.2. The molecule has 0 amide bonds. The van der Waals surface area contributed by atoms with E-state index in [0.29, 0.717) is 12.8 Å². The van der Waals surface area contributed by atoms with E-state index >= 15 is 0 Å². The van der Waals surface area contributed by atoms with Crippen molar-refractivity contribution in [2.75, 3.05) is 19.8 Å². The molecule has 0 aromatic rings. The number of carboxylic acids is 1. The molecule has 0 bridgehead atoms. The molecule has 0 saturated carbocycles. The van der Waals surface area contributed by atoms with Crippen LogP contribution in [0, 0.1) is 0 Å². The number of carbonyl (C=O) groups excluding carboxylic acids is 2. The topological polar surface area (TPSA) is 172 Å². The molecule has 0 aliphatic heterocycles. The molecule has 12 heteroatoms.